The van der Waals surface area contributed by atoms with E-state index in [-0.39, 0.29) is 0 Å². The first-order chi connectivity index (χ1) is 6.65. The van der Waals surface area contributed by atoms with Crippen LogP contribution in [0, 0.1) is 17.8 Å². The normalized spacial score (nSPS) is 27.9. The molecule has 0 nitrogen and oxygen atoms in total. The molecule has 0 atom stereocenters. The van der Waals surface area contributed by atoms with Crippen molar-refractivity contribution in [1.82, 2.24) is 0 Å². The fourth-order valence-electron chi connectivity index (χ4n) is 2.43. The minimum Gasteiger partial charge on any atom is -0.0817 e. The first-order valence-electron chi connectivity index (χ1n) is 5.78. The third-order valence-electron chi connectivity index (χ3n) is 3.49. The van der Waals surface area contributed by atoms with Gasteiger partial charge in [0.15, 0.2) is 0 Å². The van der Waals surface area contributed by atoms with E-state index >= 15 is 0 Å². The van der Waals surface area contributed by atoms with E-state index in [9.17, 15) is 0 Å². The van der Waals surface area contributed by atoms with Gasteiger partial charge in [0, 0.05) is 0 Å². The van der Waals surface area contributed by atoms with Crippen molar-refractivity contribution in [2.24, 2.45) is 17.8 Å². The SMILES string of the molecule is [B]/C(Br)=C/C1CC(CC(CC)CC)C1. The van der Waals surface area contributed by atoms with Gasteiger partial charge in [-0.1, -0.05) is 53.1 Å². The summed E-state index contributed by atoms with van der Waals surface area (Å²) in [4.78, 5) is 0. The minimum atomic E-state index is 0.744. The Kier molecular flexibility index (Phi) is 5.29. The van der Waals surface area contributed by atoms with Crippen LogP contribution in [0.4, 0.5) is 0 Å². The summed E-state index contributed by atoms with van der Waals surface area (Å²) in [6.45, 7) is 4.61. The summed E-state index contributed by atoms with van der Waals surface area (Å²) in [7, 11) is 5.58. The Morgan fingerprint density at radius 1 is 1.43 bits per heavy atom. The second-order valence-electron chi connectivity index (χ2n) is 4.57. The largest absolute Gasteiger partial charge is 0.123 e. The Morgan fingerprint density at radius 2 is 2.00 bits per heavy atom. The molecule has 1 aliphatic carbocycles. The summed E-state index contributed by atoms with van der Waals surface area (Å²) < 4.78 is 0.809. The fraction of sp³-hybridized carbons (Fsp3) is 0.833. The highest BCUT2D eigenvalue weighted by Gasteiger charge is 2.28. The average Bonchev–Trinajstić information content (AvgIpc) is 2.08. The third kappa shape index (κ3) is 3.80. The Labute approximate surface area is 98.1 Å². The molecular formula is C12H20BBr. The van der Waals surface area contributed by atoms with Crippen molar-refractivity contribution in [2.75, 3.05) is 0 Å². The number of hydrogen-bond donors (Lipinski definition) is 0. The van der Waals surface area contributed by atoms with E-state index in [0.717, 1.165) is 22.1 Å². The van der Waals surface area contributed by atoms with E-state index < -0.39 is 0 Å². The van der Waals surface area contributed by atoms with Crippen molar-refractivity contribution in [3.05, 3.63) is 10.5 Å². The summed E-state index contributed by atoms with van der Waals surface area (Å²) in [5, 5.41) is 0. The number of allylic oxidation sites excluding steroid dienone is 1. The molecule has 1 saturated carbocycles. The lowest BCUT2D eigenvalue weighted by Gasteiger charge is -2.35. The van der Waals surface area contributed by atoms with Crippen LogP contribution < -0.4 is 0 Å². The molecule has 0 bridgehead atoms. The van der Waals surface area contributed by atoms with Gasteiger partial charge in [0.1, 0.15) is 7.85 Å². The molecule has 1 fully saturated rings. The average molecular weight is 255 g/mol. The molecule has 0 amide bonds. The lowest BCUT2D eigenvalue weighted by atomic mass is 9.70. The van der Waals surface area contributed by atoms with Gasteiger partial charge >= 0.3 is 0 Å². The summed E-state index contributed by atoms with van der Waals surface area (Å²) in [6.07, 6.45) is 8.97. The van der Waals surface area contributed by atoms with Crippen molar-refractivity contribution < 1.29 is 0 Å². The lowest BCUT2D eigenvalue weighted by Crippen LogP contribution is -2.24. The van der Waals surface area contributed by atoms with Crippen LogP contribution in [0.1, 0.15) is 46.0 Å². The summed E-state index contributed by atoms with van der Waals surface area (Å²) in [6, 6.07) is 0. The van der Waals surface area contributed by atoms with Crippen LogP contribution in [0.5, 0.6) is 0 Å². The maximum Gasteiger partial charge on any atom is 0.123 e. The fourth-order valence-corrected chi connectivity index (χ4v) is 2.81. The van der Waals surface area contributed by atoms with Gasteiger partial charge in [0.05, 0.1) is 0 Å². The van der Waals surface area contributed by atoms with Crippen molar-refractivity contribution >= 4 is 23.8 Å². The molecule has 0 spiro atoms. The Balaban J connectivity index is 2.18. The quantitative estimate of drug-likeness (QED) is 0.644. The van der Waals surface area contributed by atoms with Crippen molar-refractivity contribution in [3.8, 4) is 0 Å². The topological polar surface area (TPSA) is 0 Å². The maximum atomic E-state index is 5.58. The zero-order valence-corrected chi connectivity index (χ0v) is 10.9. The molecule has 0 N–H and O–H groups in total. The van der Waals surface area contributed by atoms with Crippen LogP contribution in [0.3, 0.4) is 0 Å². The van der Waals surface area contributed by atoms with Gasteiger partial charge in [-0.2, -0.15) is 0 Å². The van der Waals surface area contributed by atoms with Gasteiger partial charge in [-0.15, -0.1) is 0 Å². The van der Waals surface area contributed by atoms with Crippen LogP contribution in [-0.2, 0) is 0 Å². The molecule has 78 valence electrons. The second-order valence-corrected chi connectivity index (χ2v) is 5.48. The van der Waals surface area contributed by atoms with Gasteiger partial charge in [-0.05, 0) is 37.0 Å². The first kappa shape index (κ1) is 12.4. The number of rotatable bonds is 5. The highest BCUT2D eigenvalue weighted by molar-refractivity contribution is 9.12. The highest BCUT2D eigenvalue weighted by atomic mass is 79.9. The van der Waals surface area contributed by atoms with E-state index in [2.05, 4.69) is 35.9 Å². The number of hydrogen-bond acceptors (Lipinski definition) is 0. The third-order valence-corrected chi connectivity index (χ3v) is 3.75. The molecule has 1 aliphatic rings. The second kappa shape index (κ2) is 6.00. The molecule has 1 rings (SSSR count). The Bertz CT molecular complexity index is 186. The predicted molar refractivity (Wildman–Crippen MR) is 67.7 cm³/mol. The Hall–Kier alpha value is 0.285. The lowest BCUT2D eigenvalue weighted by molar-refractivity contribution is 0.189. The van der Waals surface area contributed by atoms with E-state index in [1.165, 1.54) is 32.1 Å². The molecule has 0 heterocycles. The monoisotopic (exact) mass is 254 g/mol. The van der Waals surface area contributed by atoms with Crippen LogP contribution in [0.25, 0.3) is 0 Å². The van der Waals surface area contributed by atoms with Gasteiger partial charge in [0.25, 0.3) is 0 Å². The van der Waals surface area contributed by atoms with Crippen molar-refractivity contribution in [2.45, 2.75) is 46.0 Å². The Morgan fingerprint density at radius 3 is 2.43 bits per heavy atom. The van der Waals surface area contributed by atoms with Gasteiger partial charge in [0.2, 0.25) is 0 Å². The molecule has 0 aliphatic heterocycles. The molecule has 2 radical (unpaired) electrons. The van der Waals surface area contributed by atoms with Crippen molar-refractivity contribution in [1.29, 1.82) is 0 Å². The summed E-state index contributed by atoms with van der Waals surface area (Å²) in [5.74, 6) is 2.66. The first-order valence-corrected chi connectivity index (χ1v) is 6.57. The van der Waals surface area contributed by atoms with Gasteiger partial charge in [-0.3, -0.25) is 0 Å². The maximum absolute atomic E-state index is 5.58. The number of halogens is 1. The molecule has 0 aromatic heterocycles. The molecule has 0 aromatic rings. The smallest absolute Gasteiger partial charge is 0.0817 e. The molecule has 0 saturated heterocycles. The van der Waals surface area contributed by atoms with Crippen LogP contribution in [0.2, 0.25) is 0 Å². The zero-order chi connectivity index (χ0) is 10.6. The van der Waals surface area contributed by atoms with E-state index in [4.69, 9.17) is 7.85 Å². The zero-order valence-electron chi connectivity index (χ0n) is 9.30. The predicted octanol–water partition coefficient (Wildman–Crippen LogP) is 4.24. The standard InChI is InChI=1S/C12H20BBr/c1-3-9(4-2)5-10-6-11(7-10)8-12(13)14/h8-11H,3-7H2,1-2H3/b12-8-. The van der Waals surface area contributed by atoms with Crippen LogP contribution in [-0.4, -0.2) is 7.85 Å². The van der Waals surface area contributed by atoms with Crippen LogP contribution >= 0.6 is 15.9 Å². The van der Waals surface area contributed by atoms with E-state index in [1.807, 2.05) is 0 Å². The molecule has 2 heteroatoms. The van der Waals surface area contributed by atoms with E-state index in [0.29, 0.717) is 0 Å². The molecular weight excluding hydrogens is 235 g/mol. The van der Waals surface area contributed by atoms with Crippen molar-refractivity contribution in [3.63, 3.8) is 0 Å². The molecule has 0 aromatic carbocycles. The van der Waals surface area contributed by atoms with E-state index in [1.54, 1.807) is 0 Å². The highest BCUT2D eigenvalue weighted by Crippen LogP contribution is 2.40. The molecule has 0 unspecified atom stereocenters. The van der Waals surface area contributed by atoms with Crippen LogP contribution in [0.15, 0.2) is 10.5 Å². The summed E-state index contributed by atoms with van der Waals surface area (Å²) >= 11 is 3.29. The minimum absolute atomic E-state index is 0.744. The molecule has 14 heavy (non-hydrogen) atoms. The van der Waals surface area contributed by atoms with Gasteiger partial charge in [-0.25, -0.2) is 0 Å². The van der Waals surface area contributed by atoms with Gasteiger partial charge < -0.3 is 0 Å². The summed E-state index contributed by atoms with van der Waals surface area (Å²) in [5.41, 5.74) is 0.